The van der Waals surface area contributed by atoms with Crippen molar-refractivity contribution < 1.29 is 9.18 Å². The fraction of sp³-hybridized carbons (Fsp3) is 0.182. The molecule has 0 aliphatic heterocycles. The number of rotatable bonds is 3. The van der Waals surface area contributed by atoms with Gasteiger partial charge in [-0.25, -0.2) is 4.39 Å². The molecule has 2 heteroatoms. The highest BCUT2D eigenvalue weighted by atomic mass is 19.1. The van der Waals surface area contributed by atoms with Gasteiger partial charge in [0.15, 0.2) is 5.78 Å². The first-order chi connectivity index (χ1) is 6.13. The molecule has 0 radical (unpaired) electrons. The zero-order valence-electron chi connectivity index (χ0n) is 7.51. The van der Waals surface area contributed by atoms with Crippen LogP contribution in [0.15, 0.2) is 30.9 Å². The molecule has 0 aromatic heterocycles. The van der Waals surface area contributed by atoms with Gasteiger partial charge in [0, 0.05) is 6.42 Å². The summed E-state index contributed by atoms with van der Waals surface area (Å²) in [4.78, 5) is 11.0. The number of carbonyl (C=O) groups is 1. The molecule has 0 N–H and O–H groups in total. The van der Waals surface area contributed by atoms with Crippen molar-refractivity contribution in [1.82, 2.24) is 0 Å². The standard InChI is InChI=1S/C11H11FO/c1-3-10(13)7-9-4-5-11(12)8(2)6-9/h3-6H,1,7H2,2H3. The lowest BCUT2D eigenvalue weighted by Gasteiger charge is -2.00. The summed E-state index contributed by atoms with van der Waals surface area (Å²) in [6, 6.07) is 4.67. The fourth-order valence-electron chi connectivity index (χ4n) is 1.09. The number of hydrogen-bond acceptors (Lipinski definition) is 1. The van der Waals surface area contributed by atoms with E-state index in [1.807, 2.05) is 0 Å². The van der Waals surface area contributed by atoms with E-state index in [-0.39, 0.29) is 11.6 Å². The molecular weight excluding hydrogens is 167 g/mol. The molecule has 0 fully saturated rings. The first-order valence-electron chi connectivity index (χ1n) is 4.04. The van der Waals surface area contributed by atoms with Crippen LogP contribution < -0.4 is 0 Å². The van der Waals surface area contributed by atoms with Gasteiger partial charge in [0.05, 0.1) is 0 Å². The maximum Gasteiger partial charge on any atom is 0.159 e. The summed E-state index contributed by atoms with van der Waals surface area (Å²) >= 11 is 0. The zero-order valence-corrected chi connectivity index (χ0v) is 7.51. The van der Waals surface area contributed by atoms with E-state index in [0.717, 1.165) is 5.56 Å². The van der Waals surface area contributed by atoms with Crippen LogP contribution in [0.3, 0.4) is 0 Å². The van der Waals surface area contributed by atoms with Gasteiger partial charge in [0.25, 0.3) is 0 Å². The predicted octanol–water partition coefficient (Wildman–Crippen LogP) is 2.43. The van der Waals surface area contributed by atoms with Crippen molar-refractivity contribution in [1.29, 1.82) is 0 Å². The second-order valence-corrected chi connectivity index (χ2v) is 2.93. The zero-order chi connectivity index (χ0) is 9.84. The maximum atomic E-state index is 12.8. The molecule has 0 atom stereocenters. The third kappa shape index (κ3) is 2.51. The van der Waals surface area contributed by atoms with Gasteiger partial charge in [0.1, 0.15) is 5.82 Å². The van der Waals surface area contributed by atoms with Gasteiger partial charge >= 0.3 is 0 Å². The summed E-state index contributed by atoms with van der Waals surface area (Å²) in [5.74, 6) is -0.291. The van der Waals surface area contributed by atoms with Crippen molar-refractivity contribution in [3.63, 3.8) is 0 Å². The highest BCUT2D eigenvalue weighted by Crippen LogP contribution is 2.09. The van der Waals surface area contributed by atoms with Crippen LogP contribution in [0.2, 0.25) is 0 Å². The Labute approximate surface area is 76.9 Å². The highest BCUT2D eigenvalue weighted by molar-refractivity contribution is 5.90. The Kier molecular flexibility index (Phi) is 2.96. The Morgan fingerprint density at radius 1 is 1.62 bits per heavy atom. The van der Waals surface area contributed by atoms with Crippen LogP contribution in [0, 0.1) is 12.7 Å². The van der Waals surface area contributed by atoms with Gasteiger partial charge in [-0.15, -0.1) is 0 Å². The van der Waals surface area contributed by atoms with Crippen LogP contribution in [0.5, 0.6) is 0 Å². The number of carbonyl (C=O) groups excluding carboxylic acids is 1. The minimum Gasteiger partial charge on any atom is -0.295 e. The van der Waals surface area contributed by atoms with E-state index >= 15 is 0 Å². The lowest BCUT2D eigenvalue weighted by atomic mass is 10.1. The molecule has 0 amide bonds. The van der Waals surface area contributed by atoms with E-state index < -0.39 is 0 Å². The molecule has 0 aliphatic carbocycles. The molecule has 1 rings (SSSR count). The first-order valence-corrected chi connectivity index (χ1v) is 4.04. The second-order valence-electron chi connectivity index (χ2n) is 2.93. The van der Waals surface area contributed by atoms with Crippen LogP contribution >= 0.6 is 0 Å². The lowest BCUT2D eigenvalue weighted by Crippen LogP contribution is -1.98. The Morgan fingerprint density at radius 2 is 2.31 bits per heavy atom. The van der Waals surface area contributed by atoms with E-state index in [2.05, 4.69) is 6.58 Å². The van der Waals surface area contributed by atoms with E-state index in [1.165, 1.54) is 12.1 Å². The summed E-state index contributed by atoms with van der Waals surface area (Å²) in [7, 11) is 0. The Morgan fingerprint density at radius 3 is 2.85 bits per heavy atom. The number of hydrogen-bond donors (Lipinski definition) is 0. The minimum atomic E-state index is -0.241. The Hall–Kier alpha value is -1.44. The third-order valence-electron chi connectivity index (χ3n) is 1.83. The topological polar surface area (TPSA) is 17.1 Å². The summed E-state index contributed by atoms with van der Waals surface area (Å²) in [5.41, 5.74) is 1.39. The van der Waals surface area contributed by atoms with Crippen molar-refractivity contribution in [2.75, 3.05) is 0 Å². The molecule has 1 aromatic carbocycles. The summed E-state index contributed by atoms with van der Waals surface area (Å²) < 4.78 is 12.8. The highest BCUT2D eigenvalue weighted by Gasteiger charge is 2.01. The van der Waals surface area contributed by atoms with Crippen LogP contribution in [-0.4, -0.2) is 5.78 Å². The molecule has 0 heterocycles. The van der Waals surface area contributed by atoms with Crippen LogP contribution in [0.1, 0.15) is 11.1 Å². The normalized spacial score (nSPS) is 9.69. The molecule has 0 unspecified atom stereocenters. The molecule has 0 saturated carbocycles. The van der Waals surface area contributed by atoms with E-state index in [0.29, 0.717) is 12.0 Å². The van der Waals surface area contributed by atoms with Gasteiger partial charge in [-0.1, -0.05) is 18.7 Å². The number of aryl methyl sites for hydroxylation is 1. The molecule has 1 aromatic rings. The van der Waals surface area contributed by atoms with Crippen LogP contribution in [0.25, 0.3) is 0 Å². The molecule has 1 nitrogen and oxygen atoms in total. The largest absolute Gasteiger partial charge is 0.295 e. The van der Waals surface area contributed by atoms with E-state index in [9.17, 15) is 9.18 Å². The second kappa shape index (κ2) is 3.99. The minimum absolute atomic E-state index is 0.0500. The lowest BCUT2D eigenvalue weighted by molar-refractivity contribution is -0.114. The number of benzene rings is 1. The molecule has 0 saturated heterocycles. The quantitative estimate of drug-likeness (QED) is 0.650. The van der Waals surface area contributed by atoms with E-state index in [1.54, 1.807) is 19.1 Å². The van der Waals surface area contributed by atoms with Crippen molar-refractivity contribution >= 4 is 5.78 Å². The average molecular weight is 178 g/mol. The molecule has 0 aliphatic rings. The van der Waals surface area contributed by atoms with E-state index in [4.69, 9.17) is 0 Å². The van der Waals surface area contributed by atoms with Gasteiger partial charge in [-0.05, 0) is 30.2 Å². The van der Waals surface area contributed by atoms with Crippen molar-refractivity contribution in [2.45, 2.75) is 13.3 Å². The van der Waals surface area contributed by atoms with Gasteiger partial charge in [0.2, 0.25) is 0 Å². The Balaban J connectivity index is 2.85. The summed E-state index contributed by atoms with van der Waals surface area (Å²) in [6.07, 6.45) is 1.57. The third-order valence-corrected chi connectivity index (χ3v) is 1.83. The predicted molar refractivity (Wildman–Crippen MR) is 50.0 cm³/mol. The van der Waals surface area contributed by atoms with Crippen LogP contribution in [0.4, 0.5) is 4.39 Å². The van der Waals surface area contributed by atoms with Crippen molar-refractivity contribution in [3.8, 4) is 0 Å². The number of allylic oxidation sites excluding steroid dienone is 1. The molecule has 68 valence electrons. The van der Waals surface area contributed by atoms with Gasteiger partial charge < -0.3 is 0 Å². The maximum absolute atomic E-state index is 12.8. The SMILES string of the molecule is C=CC(=O)Cc1ccc(F)c(C)c1. The number of halogens is 1. The van der Waals surface area contributed by atoms with Gasteiger partial charge in [-0.3, -0.25) is 4.79 Å². The fourth-order valence-corrected chi connectivity index (χ4v) is 1.09. The molecule has 13 heavy (non-hydrogen) atoms. The monoisotopic (exact) mass is 178 g/mol. The average Bonchev–Trinajstić information content (AvgIpc) is 2.11. The Bertz CT molecular complexity index is 342. The molecular formula is C11H11FO. The first kappa shape index (κ1) is 9.65. The molecule has 0 spiro atoms. The van der Waals surface area contributed by atoms with Gasteiger partial charge in [-0.2, -0.15) is 0 Å². The molecule has 0 bridgehead atoms. The smallest absolute Gasteiger partial charge is 0.159 e. The van der Waals surface area contributed by atoms with Crippen LogP contribution in [-0.2, 0) is 11.2 Å². The summed E-state index contributed by atoms with van der Waals surface area (Å²) in [5, 5.41) is 0. The van der Waals surface area contributed by atoms with Crippen molar-refractivity contribution in [3.05, 3.63) is 47.8 Å². The van der Waals surface area contributed by atoms with Crippen molar-refractivity contribution in [2.24, 2.45) is 0 Å². The summed E-state index contributed by atoms with van der Waals surface area (Å²) in [6.45, 7) is 5.05. The number of ketones is 1.